The summed E-state index contributed by atoms with van der Waals surface area (Å²) in [4.78, 5) is 32.6. The summed E-state index contributed by atoms with van der Waals surface area (Å²) in [6.07, 6.45) is -2.99. The molecule has 37 heavy (non-hydrogen) atoms. The number of methoxy groups -OCH3 is 1. The standard InChI is InChI=1S/C25H27F3N6O3/c1-37-18-7-2-5-16(11-18)20(35)14-33-15-31-21-19(12-29)23(32-9-3-6-17(30)13-32)34(22(21)24(33)36)10-4-8-25(26,27)28/h2,5,7,11,15,17H,3-4,6,8-10,13-14,30H2,1H3/t17-/m1/s1. The summed E-state index contributed by atoms with van der Waals surface area (Å²) >= 11 is 0. The van der Waals surface area contributed by atoms with E-state index in [1.807, 2.05) is 4.90 Å². The Morgan fingerprint density at radius 1 is 1.35 bits per heavy atom. The van der Waals surface area contributed by atoms with Gasteiger partial charge in [-0.3, -0.25) is 14.2 Å². The number of Topliss-reactive ketones (excluding diaryl/α,β-unsaturated/α-hetero) is 1. The van der Waals surface area contributed by atoms with E-state index in [0.717, 1.165) is 17.4 Å². The largest absolute Gasteiger partial charge is 0.497 e. The maximum atomic E-state index is 13.6. The van der Waals surface area contributed by atoms with Gasteiger partial charge in [0.05, 0.1) is 20.0 Å². The molecular weight excluding hydrogens is 489 g/mol. The van der Waals surface area contributed by atoms with E-state index in [9.17, 15) is 28.0 Å². The second kappa shape index (κ2) is 10.6. The number of aromatic nitrogens is 3. The van der Waals surface area contributed by atoms with Crippen molar-refractivity contribution in [2.75, 3.05) is 25.1 Å². The molecular formula is C25H27F3N6O3. The molecule has 1 aromatic carbocycles. The van der Waals surface area contributed by atoms with Crippen LogP contribution in [0.15, 0.2) is 35.4 Å². The molecule has 1 atom stereocenters. The fourth-order valence-electron chi connectivity index (χ4n) is 4.70. The number of anilines is 1. The van der Waals surface area contributed by atoms with Crippen molar-refractivity contribution in [1.82, 2.24) is 14.1 Å². The van der Waals surface area contributed by atoms with Crippen LogP contribution in [0, 0.1) is 11.3 Å². The minimum Gasteiger partial charge on any atom is -0.497 e. The Labute approximate surface area is 210 Å². The van der Waals surface area contributed by atoms with Gasteiger partial charge in [-0.05, 0) is 31.4 Å². The van der Waals surface area contributed by atoms with E-state index in [4.69, 9.17) is 10.5 Å². The monoisotopic (exact) mass is 516 g/mol. The molecule has 3 heterocycles. The third-order valence-electron chi connectivity index (χ3n) is 6.42. The van der Waals surface area contributed by atoms with E-state index in [1.165, 1.54) is 18.0 Å². The lowest BCUT2D eigenvalue weighted by Crippen LogP contribution is -2.44. The fourth-order valence-corrected chi connectivity index (χ4v) is 4.70. The van der Waals surface area contributed by atoms with Gasteiger partial charge in [-0.1, -0.05) is 12.1 Å². The van der Waals surface area contributed by atoms with Gasteiger partial charge in [0.25, 0.3) is 5.56 Å². The van der Waals surface area contributed by atoms with Gasteiger partial charge < -0.3 is 19.9 Å². The lowest BCUT2D eigenvalue weighted by molar-refractivity contribution is -0.135. The highest BCUT2D eigenvalue weighted by molar-refractivity contribution is 5.96. The van der Waals surface area contributed by atoms with Crippen LogP contribution in [-0.4, -0.2) is 52.3 Å². The van der Waals surface area contributed by atoms with Crippen molar-refractivity contribution in [2.24, 2.45) is 5.73 Å². The van der Waals surface area contributed by atoms with Crippen molar-refractivity contribution in [1.29, 1.82) is 5.26 Å². The molecule has 2 N–H and O–H groups in total. The van der Waals surface area contributed by atoms with Crippen LogP contribution in [0.2, 0.25) is 0 Å². The summed E-state index contributed by atoms with van der Waals surface area (Å²) in [6.45, 7) is 0.450. The van der Waals surface area contributed by atoms with E-state index in [-0.39, 0.29) is 47.9 Å². The number of carbonyl (C=O) groups excluding carboxylic acids is 1. The van der Waals surface area contributed by atoms with Gasteiger partial charge >= 0.3 is 6.18 Å². The molecule has 1 aliphatic rings. The Balaban J connectivity index is 1.80. The summed E-state index contributed by atoms with van der Waals surface area (Å²) < 4.78 is 46.5. The minimum absolute atomic E-state index is 0.00573. The number of nitrogens with two attached hydrogens (primary N) is 1. The smallest absolute Gasteiger partial charge is 0.389 e. The van der Waals surface area contributed by atoms with Crippen molar-refractivity contribution in [3.63, 3.8) is 0 Å². The quantitative estimate of drug-likeness (QED) is 0.457. The molecule has 196 valence electrons. The van der Waals surface area contributed by atoms with Crippen molar-refractivity contribution in [2.45, 2.75) is 51.0 Å². The number of hydrogen-bond donors (Lipinski definition) is 1. The van der Waals surface area contributed by atoms with Crippen LogP contribution in [0.5, 0.6) is 5.75 Å². The van der Waals surface area contributed by atoms with Gasteiger partial charge in [0.15, 0.2) is 5.78 Å². The number of hydrogen-bond acceptors (Lipinski definition) is 7. The minimum atomic E-state index is -4.36. The molecule has 0 bridgehead atoms. The van der Waals surface area contributed by atoms with Crippen LogP contribution in [-0.2, 0) is 13.1 Å². The maximum absolute atomic E-state index is 13.6. The van der Waals surface area contributed by atoms with Crippen LogP contribution < -0.4 is 20.9 Å². The predicted molar refractivity (Wildman–Crippen MR) is 131 cm³/mol. The maximum Gasteiger partial charge on any atom is 0.389 e. The van der Waals surface area contributed by atoms with Crippen molar-refractivity contribution in [3.8, 4) is 11.8 Å². The van der Waals surface area contributed by atoms with Crippen molar-refractivity contribution < 1.29 is 22.7 Å². The molecule has 0 unspecified atom stereocenters. The van der Waals surface area contributed by atoms with Crippen molar-refractivity contribution >= 4 is 22.6 Å². The van der Waals surface area contributed by atoms with Crippen LogP contribution in [0.3, 0.4) is 0 Å². The van der Waals surface area contributed by atoms with Gasteiger partial charge in [-0.15, -0.1) is 0 Å². The first-order valence-electron chi connectivity index (χ1n) is 11.9. The van der Waals surface area contributed by atoms with Crippen LogP contribution >= 0.6 is 0 Å². The van der Waals surface area contributed by atoms with Gasteiger partial charge in [0.2, 0.25) is 0 Å². The topological polar surface area (TPSA) is 119 Å². The second-order valence-electron chi connectivity index (χ2n) is 9.06. The van der Waals surface area contributed by atoms with Crippen molar-refractivity contribution in [3.05, 3.63) is 52.1 Å². The first kappa shape index (κ1) is 26.2. The third kappa shape index (κ3) is 5.61. The van der Waals surface area contributed by atoms with Gasteiger partial charge in [-0.2, -0.15) is 18.4 Å². The zero-order valence-corrected chi connectivity index (χ0v) is 20.3. The lowest BCUT2D eigenvalue weighted by atomic mass is 10.1. The summed E-state index contributed by atoms with van der Waals surface area (Å²) in [5.41, 5.74) is 6.04. The Hall–Kier alpha value is -3.85. The first-order chi connectivity index (χ1) is 17.6. The highest BCUT2D eigenvalue weighted by Gasteiger charge is 2.30. The van der Waals surface area contributed by atoms with E-state index < -0.39 is 18.2 Å². The average molecular weight is 517 g/mol. The molecule has 0 amide bonds. The number of halogens is 3. The van der Waals surface area contributed by atoms with Crippen LogP contribution in [0.4, 0.5) is 19.0 Å². The number of nitrogens with zero attached hydrogens (tertiary/aromatic N) is 5. The zero-order valence-electron chi connectivity index (χ0n) is 20.3. The summed E-state index contributed by atoms with van der Waals surface area (Å²) in [5, 5.41) is 9.97. The lowest BCUT2D eigenvalue weighted by Gasteiger charge is -2.33. The van der Waals surface area contributed by atoms with Gasteiger partial charge in [0.1, 0.15) is 34.2 Å². The summed E-state index contributed by atoms with van der Waals surface area (Å²) in [6, 6.07) is 8.38. The number of ketones is 1. The first-order valence-corrected chi connectivity index (χ1v) is 11.9. The molecule has 2 aromatic heterocycles. The molecule has 4 rings (SSSR count). The van der Waals surface area contributed by atoms with E-state index in [0.29, 0.717) is 30.2 Å². The highest BCUT2D eigenvalue weighted by atomic mass is 19.4. The van der Waals surface area contributed by atoms with E-state index in [1.54, 1.807) is 24.3 Å². The van der Waals surface area contributed by atoms with E-state index >= 15 is 0 Å². The molecule has 1 aliphatic heterocycles. The SMILES string of the molecule is COc1cccc(C(=O)Cn2cnc3c(C#N)c(N4CCC[C@@H](N)C4)n(CCCC(F)(F)F)c3c2=O)c1. The summed E-state index contributed by atoms with van der Waals surface area (Å²) in [5.74, 6) is 0.449. The number of rotatable bonds is 8. The van der Waals surface area contributed by atoms with Gasteiger partial charge in [0, 0.05) is 37.7 Å². The number of nitriles is 1. The third-order valence-corrected chi connectivity index (χ3v) is 6.42. The number of benzene rings is 1. The molecule has 3 aromatic rings. The average Bonchev–Trinajstić information content (AvgIpc) is 3.18. The predicted octanol–water partition coefficient (Wildman–Crippen LogP) is 3.23. The Morgan fingerprint density at radius 3 is 2.81 bits per heavy atom. The Morgan fingerprint density at radius 2 is 2.14 bits per heavy atom. The number of alkyl halides is 3. The Kier molecular flexibility index (Phi) is 7.54. The van der Waals surface area contributed by atoms with Gasteiger partial charge in [-0.25, -0.2) is 4.98 Å². The normalized spacial score (nSPS) is 16.1. The van der Waals surface area contributed by atoms with Crippen LogP contribution in [0.1, 0.15) is 41.6 Å². The molecule has 1 fully saturated rings. The highest BCUT2D eigenvalue weighted by Crippen LogP contribution is 2.33. The molecule has 9 nitrogen and oxygen atoms in total. The summed E-state index contributed by atoms with van der Waals surface area (Å²) in [7, 11) is 1.47. The second-order valence-corrected chi connectivity index (χ2v) is 9.06. The molecule has 0 saturated carbocycles. The number of carbonyl (C=O) groups is 1. The van der Waals surface area contributed by atoms with Crippen LogP contribution in [0.25, 0.3) is 11.0 Å². The molecule has 12 heteroatoms. The fraction of sp³-hybridized carbons (Fsp3) is 0.440. The number of fused-ring (bicyclic) bond motifs is 1. The number of ether oxygens (including phenoxy) is 1. The number of piperidine rings is 1. The zero-order chi connectivity index (χ0) is 26.7. The Bertz CT molecular complexity index is 1410. The van der Waals surface area contributed by atoms with E-state index in [2.05, 4.69) is 11.1 Å². The number of aryl methyl sites for hydroxylation is 1. The molecule has 0 spiro atoms. The molecule has 0 radical (unpaired) electrons. The molecule has 0 aliphatic carbocycles. The molecule has 1 saturated heterocycles.